The summed E-state index contributed by atoms with van der Waals surface area (Å²) in [6.07, 6.45) is 1.61. The van der Waals surface area contributed by atoms with Gasteiger partial charge in [0.1, 0.15) is 5.25 Å². The summed E-state index contributed by atoms with van der Waals surface area (Å²) in [5, 5.41) is 12.0. The van der Waals surface area contributed by atoms with Crippen molar-refractivity contribution in [3.63, 3.8) is 0 Å². The van der Waals surface area contributed by atoms with Gasteiger partial charge in [0.15, 0.2) is 10.9 Å². The number of aromatic nitrogens is 3. The van der Waals surface area contributed by atoms with Crippen LogP contribution in [0.25, 0.3) is 11.6 Å². The summed E-state index contributed by atoms with van der Waals surface area (Å²) in [7, 11) is 0. The van der Waals surface area contributed by atoms with Gasteiger partial charge in [0.05, 0.1) is 12.8 Å². The average molecular weight is 467 g/mol. The lowest BCUT2D eigenvalue weighted by Crippen LogP contribution is -2.19. The van der Waals surface area contributed by atoms with Gasteiger partial charge in [-0.3, -0.25) is 9.36 Å². The van der Waals surface area contributed by atoms with Crippen LogP contribution >= 0.6 is 11.8 Å². The van der Waals surface area contributed by atoms with Crippen molar-refractivity contribution < 1.29 is 9.21 Å². The van der Waals surface area contributed by atoms with Crippen LogP contribution in [0.5, 0.6) is 0 Å². The van der Waals surface area contributed by atoms with Crippen molar-refractivity contribution in [2.24, 2.45) is 0 Å². The fraction of sp³-hybridized carbons (Fsp3) is 0.0741. The SMILES string of the molecule is O=C(Nc1ccccc1)C(Sc1nnc(-c2ccco2)n1Cc1ccccc1)c1ccccc1. The highest BCUT2D eigenvalue weighted by molar-refractivity contribution is 8.00. The second-order valence-electron chi connectivity index (χ2n) is 7.62. The van der Waals surface area contributed by atoms with Crippen molar-refractivity contribution >= 4 is 23.4 Å². The van der Waals surface area contributed by atoms with Gasteiger partial charge >= 0.3 is 0 Å². The fourth-order valence-electron chi connectivity index (χ4n) is 3.61. The molecule has 0 aliphatic rings. The molecule has 0 saturated heterocycles. The van der Waals surface area contributed by atoms with Crippen LogP contribution in [0.15, 0.2) is 119 Å². The molecule has 2 heterocycles. The van der Waals surface area contributed by atoms with Crippen LogP contribution in [0.2, 0.25) is 0 Å². The third kappa shape index (κ3) is 4.94. The van der Waals surface area contributed by atoms with Gasteiger partial charge in [-0.05, 0) is 35.4 Å². The molecule has 0 saturated carbocycles. The van der Waals surface area contributed by atoms with Gasteiger partial charge in [0.25, 0.3) is 0 Å². The number of benzene rings is 3. The van der Waals surface area contributed by atoms with Crippen LogP contribution in [0, 0.1) is 0 Å². The molecular weight excluding hydrogens is 444 g/mol. The first-order chi connectivity index (χ1) is 16.8. The smallest absolute Gasteiger partial charge is 0.242 e. The van der Waals surface area contributed by atoms with E-state index < -0.39 is 5.25 Å². The number of rotatable bonds is 8. The van der Waals surface area contributed by atoms with E-state index in [9.17, 15) is 4.79 Å². The number of carbonyl (C=O) groups is 1. The minimum Gasteiger partial charge on any atom is -0.461 e. The number of nitrogens with zero attached hydrogens (tertiary/aromatic N) is 3. The predicted molar refractivity (Wildman–Crippen MR) is 133 cm³/mol. The number of carbonyl (C=O) groups excluding carboxylic acids is 1. The van der Waals surface area contributed by atoms with E-state index in [1.54, 1.807) is 6.26 Å². The van der Waals surface area contributed by atoms with Crippen molar-refractivity contribution in [1.82, 2.24) is 14.8 Å². The van der Waals surface area contributed by atoms with E-state index in [-0.39, 0.29) is 5.91 Å². The van der Waals surface area contributed by atoms with Gasteiger partial charge in [-0.25, -0.2) is 0 Å². The molecule has 7 heteroatoms. The van der Waals surface area contributed by atoms with Crippen LogP contribution in [0.4, 0.5) is 5.69 Å². The molecule has 2 aromatic heterocycles. The Hall–Kier alpha value is -4.10. The number of furan rings is 1. The van der Waals surface area contributed by atoms with Crippen LogP contribution in [-0.2, 0) is 11.3 Å². The van der Waals surface area contributed by atoms with Gasteiger partial charge in [-0.15, -0.1) is 10.2 Å². The van der Waals surface area contributed by atoms with Gasteiger partial charge in [0, 0.05) is 5.69 Å². The summed E-state index contributed by atoms with van der Waals surface area (Å²) in [6, 6.07) is 32.9. The summed E-state index contributed by atoms with van der Waals surface area (Å²) in [4.78, 5) is 13.4. The molecule has 0 fully saturated rings. The quantitative estimate of drug-likeness (QED) is 0.282. The van der Waals surface area contributed by atoms with E-state index in [2.05, 4.69) is 27.6 Å². The molecule has 34 heavy (non-hydrogen) atoms. The van der Waals surface area contributed by atoms with E-state index in [0.717, 1.165) is 16.8 Å². The van der Waals surface area contributed by atoms with Crippen molar-refractivity contribution in [3.05, 3.63) is 121 Å². The predicted octanol–water partition coefficient (Wildman–Crippen LogP) is 6.06. The van der Waals surface area contributed by atoms with E-state index in [1.165, 1.54) is 11.8 Å². The van der Waals surface area contributed by atoms with E-state index >= 15 is 0 Å². The summed E-state index contributed by atoms with van der Waals surface area (Å²) < 4.78 is 7.61. The number of anilines is 1. The molecule has 0 radical (unpaired) electrons. The molecule has 1 atom stereocenters. The molecule has 1 unspecified atom stereocenters. The Bertz CT molecular complexity index is 1340. The van der Waals surface area contributed by atoms with Crippen LogP contribution in [-0.4, -0.2) is 20.7 Å². The Labute approximate surface area is 201 Å². The number of para-hydroxylation sites is 1. The summed E-state index contributed by atoms with van der Waals surface area (Å²) in [6.45, 7) is 0.550. The number of amides is 1. The van der Waals surface area contributed by atoms with Gasteiger partial charge in [-0.1, -0.05) is 90.6 Å². The topological polar surface area (TPSA) is 73.0 Å². The molecule has 5 aromatic rings. The Morgan fingerprint density at radius 1 is 0.853 bits per heavy atom. The fourth-order valence-corrected chi connectivity index (χ4v) is 4.64. The zero-order valence-corrected chi connectivity index (χ0v) is 19.1. The maximum absolute atomic E-state index is 13.4. The number of nitrogens with one attached hydrogen (secondary N) is 1. The van der Waals surface area contributed by atoms with Crippen molar-refractivity contribution in [3.8, 4) is 11.6 Å². The summed E-state index contributed by atoms with van der Waals surface area (Å²) in [5.74, 6) is 1.11. The molecule has 0 aliphatic heterocycles. The molecule has 6 nitrogen and oxygen atoms in total. The number of hydrogen-bond acceptors (Lipinski definition) is 5. The van der Waals surface area contributed by atoms with Crippen LogP contribution in [0.3, 0.4) is 0 Å². The van der Waals surface area contributed by atoms with Crippen molar-refractivity contribution in [2.75, 3.05) is 5.32 Å². The van der Waals surface area contributed by atoms with Crippen LogP contribution < -0.4 is 5.32 Å². The molecular formula is C27H22N4O2S. The highest BCUT2D eigenvalue weighted by atomic mass is 32.2. The van der Waals surface area contributed by atoms with Crippen molar-refractivity contribution in [1.29, 1.82) is 0 Å². The molecule has 0 spiro atoms. The maximum atomic E-state index is 13.4. The summed E-state index contributed by atoms with van der Waals surface area (Å²) >= 11 is 1.37. The van der Waals surface area contributed by atoms with E-state index in [4.69, 9.17) is 4.42 Å². The Balaban J connectivity index is 1.51. The molecule has 0 aliphatic carbocycles. The first-order valence-electron chi connectivity index (χ1n) is 10.9. The maximum Gasteiger partial charge on any atom is 0.242 e. The zero-order valence-electron chi connectivity index (χ0n) is 18.2. The second-order valence-corrected chi connectivity index (χ2v) is 8.69. The lowest BCUT2D eigenvalue weighted by Gasteiger charge is -2.17. The van der Waals surface area contributed by atoms with Gasteiger partial charge in [-0.2, -0.15) is 0 Å². The molecule has 5 rings (SSSR count). The van der Waals surface area contributed by atoms with E-state index in [1.807, 2.05) is 95.6 Å². The molecule has 0 bridgehead atoms. The highest BCUT2D eigenvalue weighted by Crippen LogP contribution is 2.37. The lowest BCUT2D eigenvalue weighted by molar-refractivity contribution is -0.115. The normalized spacial score (nSPS) is 11.8. The highest BCUT2D eigenvalue weighted by Gasteiger charge is 2.26. The third-order valence-electron chi connectivity index (χ3n) is 5.25. The molecule has 168 valence electrons. The molecule has 3 aromatic carbocycles. The first kappa shape index (κ1) is 21.7. The third-order valence-corrected chi connectivity index (χ3v) is 6.48. The number of hydrogen-bond donors (Lipinski definition) is 1. The lowest BCUT2D eigenvalue weighted by atomic mass is 10.1. The zero-order chi connectivity index (χ0) is 23.2. The number of thioether (sulfide) groups is 1. The molecule has 1 amide bonds. The summed E-state index contributed by atoms with van der Waals surface area (Å²) in [5.41, 5.74) is 2.73. The first-order valence-corrected chi connectivity index (χ1v) is 11.7. The second kappa shape index (κ2) is 10.2. The van der Waals surface area contributed by atoms with Gasteiger partial charge < -0.3 is 9.73 Å². The van der Waals surface area contributed by atoms with Crippen LogP contribution in [0.1, 0.15) is 16.4 Å². The monoisotopic (exact) mass is 466 g/mol. The van der Waals surface area contributed by atoms with E-state index in [0.29, 0.717) is 23.3 Å². The average Bonchev–Trinajstić information content (AvgIpc) is 3.54. The minimum absolute atomic E-state index is 0.129. The Morgan fingerprint density at radius 2 is 1.53 bits per heavy atom. The largest absolute Gasteiger partial charge is 0.461 e. The standard InChI is InChI=1S/C27H22N4O2S/c32-26(28-22-15-8-3-9-16-22)24(21-13-6-2-7-14-21)34-27-30-29-25(23-17-10-18-33-23)31(27)19-20-11-4-1-5-12-20/h1-18,24H,19H2,(H,28,32). The Morgan fingerprint density at radius 3 is 2.21 bits per heavy atom. The molecule has 1 N–H and O–H groups in total. The van der Waals surface area contributed by atoms with Gasteiger partial charge in [0.2, 0.25) is 11.7 Å². The van der Waals surface area contributed by atoms with Crippen molar-refractivity contribution in [2.45, 2.75) is 17.0 Å². The minimum atomic E-state index is -0.524. The Kier molecular flexibility index (Phi) is 6.54.